The number of aryl methyl sites for hydroxylation is 1. The van der Waals surface area contributed by atoms with Crippen LogP contribution in [0.5, 0.6) is 0 Å². The molecule has 1 aromatic carbocycles. The highest BCUT2D eigenvalue weighted by Crippen LogP contribution is 2.18. The molecule has 0 aliphatic heterocycles. The Morgan fingerprint density at radius 1 is 1.19 bits per heavy atom. The van der Waals surface area contributed by atoms with E-state index in [0.29, 0.717) is 12.5 Å². The lowest BCUT2D eigenvalue weighted by molar-refractivity contribution is 0.473. The normalized spacial score (nSPS) is 11.5. The molecule has 31 heavy (non-hydrogen) atoms. The van der Waals surface area contributed by atoms with E-state index in [1.165, 1.54) is 16.7 Å². The zero-order valence-electron chi connectivity index (χ0n) is 19.1. The first-order valence-electron chi connectivity index (χ1n) is 10.5. The van der Waals surface area contributed by atoms with Crippen molar-refractivity contribution in [3.63, 3.8) is 0 Å². The van der Waals surface area contributed by atoms with E-state index >= 15 is 0 Å². The Kier molecular flexibility index (Phi) is 9.54. The largest absolute Gasteiger partial charge is 0.357 e. The lowest BCUT2D eigenvalue weighted by Crippen LogP contribution is -2.38. The van der Waals surface area contributed by atoms with Gasteiger partial charge in [-0.05, 0) is 24.0 Å². The fraction of sp³-hybridized carbons (Fsp3) is 0.435. The van der Waals surface area contributed by atoms with Crippen LogP contribution >= 0.6 is 24.0 Å². The minimum Gasteiger partial charge on any atom is -0.357 e. The molecule has 0 amide bonds. The van der Waals surface area contributed by atoms with Gasteiger partial charge in [-0.15, -0.1) is 24.0 Å². The molecule has 0 bridgehead atoms. The van der Waals surface area contributed by atoms with E-state index < -0.39 is 0 Å². The van der Waals surface area contributed by atoms with Crippen LogP contribution in [0.3, 0.4) is 0 Å². The van der Waals surface area contributed by atoms with Crippen LogP contribution < -0.4 is 5.32 Å². The molecule has 168 valence electrons. The summed E-state index contributed by atoms with van der Waals surface area (Å²) in [6.07, 6.45) is 7.72. The van der Waals surface area contributed by atoms with Crippen LogP contribution in [-0.4, -0.2) is 43.8 Å². The summed E-state index contributed by atoms with van der Waals surface area (Å²) in [5.41, 5.74) is 4.83. The number of rotatable bonds is 8. The Labute approximate surface area is 202 Å². The van der Waals surface area contributed by atoms with Crippen LogP contribution in [0.2, 0.25) is 0 Å². The Balaban J connectivity index is 0.00000341. The summed E-state index contributed by atoms with van der Waals surface area (Å²) in [6.45, 7) is 9.54. The number of benzene rings is 1. The van der Waals surface area contributed by atoms with Gasteiger partial charge in [0.1, 0.15) is 0 Å². The Morgan fingerprint density at radius 3 is 2.52 bits per heavy atom. The molecule has 0 fully saturated rings. The Hall–Kier alpha value is -2.36. The molecule has 0 atom stereocenters. The highest BCUT2D eigenvalue weighted by atomic mass is 127. The van der Waals surface area contributed by atoms with E-state index in [0.717, 1.165) is 31.3 Å². The van der Waals surface area contributed by atoms with Crippen molar-refractivity contribution in [3.05, 3.63) is 71.6 Å². The molecular formula is C23H34IN7. The van der Waals surface area contributed by atoms with Crippen LogP contribution in [0, 0.1) is 0 Å². The second-order valence-electron chi connectivity index (χ2n) is 7.95. The van der Waals surface area contributed by atoms with Gasteiger partial charge in [0.25, 0.3) is 0 Å². The number of aromatic nitrogens is 4. The average molecular weight is 535 g/mol. The lowest BCUT2D eigenvalue weighted by Gasteiger charge is -2.22. The summed E-state index contributed by atoms with van der Waals surface area (Å²) in [5, 5.41) is 8.03. The van der Waals surface area contributed by atoms with Crippen LogP contribution in [0.15, 0.2) is 54.2 Å². The fourth-order valence-electron chi connectivity index (χ4n) is 3.47. The topological polar surface area (TPSA) is 63.3 Å². The van der Waals surface area contributed by atoms with Gasteiger partial charge >= 0.3 is 0 Å². The third-order valence-corrected chi connectivity index (χ3v) is 4.95. The van der Waals surface area contributed by atoms with E-state index in [1.54, 1.807) is 6.20 Å². The molecule has 8 heteroatoms. The third kappa shape index (κ3) is 7.09. The highest BCUT2D eigenvalue weighted by molar-refractivity contribution is 14.0. The van der Waals surface area contributed by atoms with Crippen molar-refractivity contribution in [3.8, 4) is 0 Å². The Bertz CT molecular complexity index is 943. The molecule has 2 heterocycles. The molecule has 2 aromatic heterocycles. The van der Waals surface area contributed by atoms with Crippen molar-refractivity contribution in [2.75, 3.05) is 13.6 Å². The van der Waals surface area contributed by atoms with E-state index in [1.807, 2.05) is 24.3 Å². The molecule has 3 aromatic rings. The molecule has 0 saturated heterocycles. The summed E-state index contributed by atoms with van der Waals surface area (Å²) in [7, 11) is 4.05. The molecule has 0 spiro atoms. The summed E-state index contributed by atoms with van der Waals surface area (Å²) >= 11 is 0. The number of guanidine groups is 1. The van der Waals surface area contributed by atoms with Gasteiger partial charge in [-0.3, -0.25) is 4.68 Å². The number of aliphatic imine (C=N–C) groups is 1. The monoisotopic (exact) mass is 535 g/mol. The minimum absolute atomic E-state index is 0. The second-order valence-corrected chi connectivity index (χ2v) is 7.95. The molecule has 1 N–H and O–H groups in total. The summed E-state index contributed by atoms with van der Waals surface area (Å²) in [6, 6.07) is 8.62. The molecule has 0 aliphatic carbocycles. The molecular weight excluding hydrogens is 501 g/mol. The quantitative estimate of drug-likeness (QED) is 0.269. The van der Waals surface area contributed by atoms with Gasteiger partial charge in [-0.1, -0.05) is 38.1 Å². The van der Waals surface area contributed by atoms with Gasteiger partial charge < -0.3 is 14.8 Å². The maximum Gasteiger partial charge on any atom is 0.194 e. The van der Waals surface area contributed by atoms with Crippen LogP contribution in [-0.2, 0) is 26.7 Å². The number of nitrogens with one attached hydrogen (secondary N) is 1. The highest BCUT2D eigenvalue weighted by Gasteiger charge is 2.15. The van der Waals surface area contributed by atoms with Crippen molar-refractivity contribution >= 4 is 29.9 Å². The first kappa shape index (κ1) is 24.9. The van der Waals surface area contributed by atoms with Gasteiger partial charge in [-0.25, -0.2) is 9.98 Å². The summed E-state index contributed by atoms with van der Waals surface area (Å²) in [5.74, 6) is 1.30. The van der Waals surface area contributed by atoms with E-state index in [4.69, 9.17) is 4.99 Å². The van der Waals surface area contributed by atoms with Crippen LogP contribution in [0.25, 0.3) is 0 Å². The molecule has 0 aliphatic rings. The summed E-state index contributed by atoms with van der Waals surface area (Å²) in [4.78, 5) is 11.1. The number of hydrogen-bond donors (Lipinski definition) is 1. The number of imidazole rings is 1. The average Bonchev–Trinajstić information content (AvgIpc) is 3.35. The van der Waals surface area contributed by atoms with Gasteiger partial charge in [-0.2, -0.15) is 5.10 Å². The lowest BCUT2D eigenvalue weighted by atomic mass is 10.1. The van der Waals surface area contributed by atoms with Crippen molar-refractivity contribution in [1.82, 2.24) is 29.5 Å². The molecule has 3 rings (SSSR count). The van der Waals surface area contributed by atoms with Gasteiger partial charge in [0, 0.05) is 57.9 Å². The number of nitrogens with zero attached hydrogens (tertiary/aromatic N) is 6. The number of halogens is 1. The molecule has 7 nitrogen and oxygen atoms in total. The van der Waals surface area contributed by atoms with E-state index in [9.17, 15) is 0 Å². The standard InChI is InChI=1S/C23H33N7.HI/c1-6-25-23(28(4)15-21-16-29(5)27-22(21)18(2)3)26-13-19-7-9-20(10-8-19)14-30-12-11-24-17-30;/h7-12,16-18H,6,13-15H2,1-5H3,(H,25,26);1H. The molecule has 0 unspecified atom stereocenters. The number of hydrogen-bond acceptors (Lipinski definition) is 3. The van der Waals surface area contributed by atoms with E-state index in [-0.39, 0.29) is 24.0 Å². The van der Waals surface area contributed by atoms with E-state index in [2.05, 4.69) is 83.1 Å². The van der Waals surface area contributed by atoms with Gasteiger partial charge in [0.05, 0.1) is 18.6 Å². The fourth-order valence-corrected chi connectivity index (χ4v) is 3.47. The van der Waals surface area contributed by atoms with Gasteiger partial charge in [0.2, 0.25) is 0 Å². The first-order chi connectivity index (χ1) is 14.5. The molecule has 0 radical (unpaired) electrons. The van der Waals surface area contributed by atoms with Crippen LogP contribution in [0.4, 0.5) is 0 Å². The zero-order chi connectivity index (χ0) is 21.5. The third-order valence-electron chi connectivity index (χ3n) is 4.95. The predicted octanol–water partition coefficient (Wildman–Crippen LogP) is 4.00. The second kappa shape index (κ2) is 11.9. The maximum absolute atomic E-state index is 4.86. The zero-order valence-corrected chi connectivity index (χ0v) is 21.4. The van der Waals surface area contributed by atoms with Gasteiger partial charge in [0.15, 0.2) is 5.96 Å². The minimum atomic E-state index is 0. The van der Waals surface area contributed by atoms with Crippen molar-refractivity contribution in [2.24, 2.45) is 12.0 Å². The predicted molar refractivity (Wildman–Crippen MR) is 137 cm³/mol. The van der Waals surface area contributed by atoms with Crippen LogP contribution in [0.1, 0.15) is 49.1 Å². The maximum atomic E-state index is 4.86. The first-order valence-corrected chi connectivity index (χ1v) is 10.5. The van der Waals surface area contributed by atoms with Crippen molar-refractivity contribution in [2.45, 2.75) is 46.3 Å². The summed E-state index contributed by atoms with van der Waals surface area (Å²) < 4.78 is 3.96. The van der Waals surface area contributed by atoms with Crippen molar-refractivity contribution < 1.29 is 0 Å². The molecule has 0 saturated carbocycles. The van der Waals surface area contributed by atoms with Crippen molar-refractivity contribution in [1.29, 1.82) is 0 Å². The SMILES string of the molecule is CCNC(=NCc1ccc(Cn2ccnc2)cc1)N(C)Cc1cn(C)nc1C(C)C.I. The Morgan fingerprint density at radius 2 is 1.90 bits per heavy atom. The smallest absolute Gasteiger partial charge is 0.194 e.